The van der Waals surface area contributed by atoms with Gasteiger partial charge >= 0.3 is 0 Å². The summed E-state index contributed by atoms with van der Waals surface area (Å²) in [5, 5.41) is 14.2. The lowest BCUT2D eigenvalue weighted by Crippen LogP contribution is -2.26. The third kappa shape index (κ3) is 3.86. The molecule has 1 aliphatic rings. The van der Waals surface area contributed by atoms with Crippen LogP contribution in [0.2, 0.25) is 0 Å². The van der Waals surface area contributed by atoms with Gasteiger partial charge in [-0.2, -0.15) is 0 Å². The quantitative estimate of drug-likeness (QED) is 0.287. The highest BCUT2D eigenvalue weighted by atomic mass is 32.2. The molecule has 0 saturated heterocycles. The van der Waals surface area contributed by atoms with Gasteiger partial charge in [-0.25, -0.2) is 4.98 Å². The number of carbonyl (C=O) groups excluding carboxylic acids is 1. The van der Waals surface area contributed by atoms with E-state index in [2.05, 4.69) is 10.3 Å². The fourth-order valence-electron chi connectivity index (χ4n) is 3.05. The molecule has 8 nitrogen and oxygen atoms in total. The third-order valence-corrected chi connectivity index (χ3v) is 5.76. The summed E-state index contributed by atoms with van der Waals surface area (Å²) in [6.07, 6.45) is 1.81. The monoisotopic (exact) mass is 410 g/mol. The Balaban J connectivity index is 1.62. The Bertz CT molecular complexity index is 1170. The van der Waals surface area contributed by atoms with E-state index in [1.807, 2.05) is 6.07 Å². The van der Waals surface area contributed by atoms with E-state index in [9.17, 15) is 19.7 Å². The molecular weight excluding hydrogens is 392 g/mol. The molecule has 4 rings (SSSR count). The van der Waals surface area contributed by atoms with Crippen molar-refractivity contribution in [1.29, 1.82) is 0 Å². The summed E-state index contributed by atoms with van der Waals surface area (Å²) < 4.78 is 1.67. The number of nitro benzene ring substituents is 1. The van der Waals surface area contributed by atoms with E-state index < -0.39 is 16.1 Å². The van der Waals surface area contributed by atoms with E-state index in [0.717, 1.165) is 12.8 Å². The maximum Gasteiger partial charge on any atom is 0.292 e. The Morgan fingerprint density at radius 2 is 1.93 bits per heavy atom. The average Bonchev–Trinajstić information content (AvgIpc) is 3.53. The minimum atomic E-state index is -0.604. The Morgan fingerprint density at radius 1 is 1.24 bits per heavy atom. The van der Waals surface area contributed by atoms with E-state index in [0.29, 0.717) is 16.1 Å². The van der Waals surface area contributed by atoms with E-state index in [1.54, 1.807) is 41.8 Å². The summed E-state index contributed by atoms with van der Waals surface area (Å²) in [5.74, 6) is -0.394. The molecule has 1 aromatic heterocycles. The molecular formula is C20H18N4O4S. The van der Waals surface area contributed by atoms with Crippen molar-refractivity contribution < 1.29 is 9.72 Å². The molecule has 0 radical (unpaired) electrons. The van der Waals surface area contributed by atoms with Gasteiger partial charge < -0.3 is 5.32 Å². The first-order chi connectivity index (χ1) is 14.0. The number of hydrogen-bond acceptors (Lipinski definition) is 6. The second kappa shape index (κ2) is 7.67. The zero-order chi connectivity index (χ0) is 20.5. The van der Waals surface area contributed by atoms with Crippen LogP contribution in [-0.2, 0) is 4.79 Å². The van der Waals surface area contributed by atoms with E-state index in [1.165, 1.54) is 23.9 Å². The summed E-state index contributed by atoms with van der Waals surface area (Å²) in [7, 11) is 0. The first-order valence-electron chi connectivity index (χ1n) is 9.18. The molecule has 0 bridgehead atoms. The van der Waals surface area contributed by atoms with Crippen LogP contribution in [0.15, 0.2) is 58.5 Å². The zero-order valence-electron chi connectivity index (χ0n) is 15.6. The number of carbonyl (C=O) groups is 1. The molecule has 1 N–H and O–H groups in total. The highest BCUT2D eigenvalue weighted by Crippen LogP contribution is 2.37. The molecule has 1 aliphatic carbocycles. The third-order valence-electron chi connectivity index (χ3n) is 4.70. The Hall–Kier alpha value is -3.20. The Kier molecular flexibility index (Phi) is 5.06. The minimum Gasteiger partial charge on any atom is -0.319 e. The number of hydrogen-bond donors (Lipinski definition) is 1. The summed E-state index contributed by atoms with van der Waals surface area (Å²) in [6, 6.07) is 13.2. The molecule has 29 heavy (non-hydrogen) atoms. The van der Waals surface area contributed by atoms with Crippen molar-refractivity contribution in [3.05, 3.63) is 69.0 Å². The van der Waals surface area contributed by atoms with Crippen molar-refractivity contribution in [3.8, 4) is 0 Å². The first kappa shape index (κ1) is 19.1. The molecule has 0 aliphatic heterocycles. The maximum atomic E-state index is 12.9. The van der Waals surface area contributed by atoms with Gasteiger partial charge in [-0.15, -0.1) is 0 Å². The lowest BCUT2D eigenvalue weighted by Gasteiger charge is -2.16. The van der Waals surface area contributed by atoms with Crippen LogP contribution in [-0.4, -0.2) is 25.6 Å². The van der Waals surface area contributed by atoms with Gasteiger partial charge in [0.15, 0.2) is 5.16 Å². The van der Waals surface area contributed by atoms with Crippen molar-refractivity contribution in [2.24, 2.45) is 0 Å². The molecule has 1 saturated carbocycles. The van der Waals surface area contributed by atoms with Gasteiger partial charge in [-0.3, -0.25) is 24.3 Å². The number of amides is 1. The topological polar surface area (TPSA) is 107 Å². The van der Waals surface area contributed by atoms with Crippen molar-refractivity contribution in [2.75, 3.05) is 5.32 Å². The molecule has 2 aromatic carbocycles. The highest BCUT2D eigenvalue weighted by Gasteiger charge is 2.30. The van der Waals surface area contributed by atoms with E-state index in [-0.39, 0.29) is 23.0 Å². The number of benzene rings is 2. The lowest BCUT2D eigenvalue weighted by atomic mass is 10.2. The predicted molar refractivity (Wildman–Crippen MR) is 111 cm³/mol. The fraction of sp³-hybridized carbons (Fsp3) is 0.250. The standard InChI is InChI=1S/C20H18N4O4S/c1-12(18(25)21-16-8-4-5-9-17(16)24(27)28)29-20-22-15-7-3-2-6-14(15)19(26)23(20)13-10-11-13/h2-9,12-13H,10-11H2,1H3,(H,21,25)/t12-/m1/s1. The Morgan fingerprint density at radius 3 is 2.66 bits per heavy atom. The number of anilines is 1. The zero-order valence-corrected chi connectivity index (χ0v) is 16.4. The number of rotatable bonds is 6. The van der Waals surface area contributed by atoms with Gasteiger partial charge in [0.1, 0.15) is 5.69 Å². The smallest absolute Gasteiger partial charge is 0.292 e. The fourth-order valence-corrected chi connectivity index (χ4v) is 4.03. The van der Waals surface area contributed by atoms with Gasteiger partial charge in [-0.05, 0) is 38.0 Å². The van der Waals surface area contributed by atoms with Crippen molar-refractivity contribution in [1.82, 2.24) is 9.55 Å². The van der Waals surface area contributed by atoms with Crippen LogP contribution in [0.25, 0.3) is 10.9 Å². The molecule has 148 valence electrons. The van der Waals surface area contributed by atoms with Gasteiger partial charge in [0.05, 0.1) is 21.1 Å². The summed E-state index contributed by atoms with van der Waals surface area (Å²) in [6.45, 7) is 1.69. The normalized spacial score (nSPS) is 14.5. The number of fused-ring (bicyclic) bond motifs is 1. The van der Waals surface area contributed by atoms with Crippen molar-refractivity contribution in [3.63, 3.8) is 0 Å². The second-order valence-corrected chi connectivity index (χ2v) is 8.15. The van der Waals surface area contributed by atoms with Crippen LogP contribution in [0, 0.1) is 10.1 Å². The Labute approximate surface area is 170 Å². The van der Waals surface area contributed by atoms with Crippen molar-refractivity contribution in [2.45, 2.75) is 36.2 Å². The molecule has 1 fully saturated rings. The van der Waals surface area contributed by atoms with Gasteiger partial charge in [-0.1, -0.05) is 36.0 Å². The van der Waals surface area contributed by atoms with Gasteiger partial charge in [0, 0.05) is 12.1 Å². The number of aromatic nitrogens is 2. The highest BCUT2D eigenvalue weighted by molar-refractivity contribution is 8.00. The van der Waals surface area contributed by atoms with Crippen molar-refractivity contribution >= 4 is 39.9 Å². The van der Waals surface area contributed by atoms with Crippen LogP contribution in [0.1, 0.15) is 25.8 Å². The van der Waals surface area contributed by atoms with Gasteiger partial charge in [0.25, 0.3) is 11.2 Å². The van der Waals surface area contributed by atoms with E-state index >= 15 is 0 Å². The van der Waals surface area contributed by atoms with Crippen LogP contribution >= 0.6 is 11.8 Å². The number of para-hydroxylation sites is 3. The van der Waals surface area contributed by atoms with Crippen LogP contribution in [0.5, 0.6) is 0 Å². The first-order valence-corrected chi connectivity index (χ1v) is 10.1. The molecule has 0 unspecified atom stereocenters. The molecule has 1 amide bonds. The molecule has 9 heteroatoms. The average molecular weight is 410 g/mol. The number of nitrogens with zero attached hydrogens (tertiary/aromatic N) is 3. The largest absolute Gasteiger partial charge is 0.319 e. The lowest BCUT2D eigenvalue weighted by molar-refractivity contribution is -0.383. The molecule has 0 spiro atoms. The molecule has 1 atom stereocenters. The number of nitro groups is 1. The second-order valence-electron chi connectivity index (χ2n) is 6.84. The predicted octanol–water partition coefficient (Wildman–Crippen LogP) is 3.76. The molecule has 1 heterocycles. The molecule has 3 aromatic rings. The van der Waals surface area contributed by atoms with Crippen LogP contribution in [0.3, 0.4) is 0 Å². The van der Waals surface area contributed by atoms with Crippen LogP contribution in [0.4, 0.5) is 11.4 Å². The number of thioether (sulfide) groups is 1. The van der Waals surface area contributed by atoms with Crippen LogP contribution < -0.4 is 10.9 Å². The SMILES string of the molecule is C[C@@H](Sc1nc2ccccc2c(=O)n1C1CC1)C(=O)Nc1ccccc1[N+](=O)[O-]. The van der Waals surface area contributed by atoms with E-state index in [4.69, 9.17) is 0 Å². The number of nitrogens with one attached hydrogen (secondary N) is 1. The maximum absolute atomic E-state index is 12.9. The summed E-state index contributed by atoms with van der Waals surface area (Å²) >= 11 is 1.18. The summed E-state index contributed by atoms with van der Waals surface area (Å²) in [5.41, 5.74) is 0.452. The minimum absolute atomic E-state index is 0.104. The summed E-state index contributed by atoms with van der Waals surface area (Å²) in [4.78, 5) is 40.8. The van der Waals surface area contributed by atoms with Gasteiger partial charge in [0.2, 0.25) is 5.91 Å².